The van der Waals surface area contributed by atoms with Crippen LogP contribution in [0.1, 0.15) is 39.3 Å². The molecule has 1 rings (SSSR count). The lowest BCUT2D eigenvalue weighted by Crippen LogP contribution is -2.40. The summed E-state index contributed by atoms with van der Waals surface area (Å²) >= 11 is 3.40. The van der Waals surface area contributed by atoms with Crippen LogP contribution in [0.15, 0.2) is 22.8 Å². The van der Waals surface area contributed by atoms with Gasteiger partial charge in [0.25, 0.3) is 0 Å². The van der Waals surface area contributed by atoms with Crippen LogP contribution in [0.4, 0.5) is 0 Å². The first-order chi connectivity index (χ1) is 8.72. The number of aryl methyl sites for hydroxylation is 1. The Morgan fingerprint density at radius 3 is 2.42 bits per heavy atom. The van der Waals surface area contributed by atoms with Crippen LogP contribution in [0.25, 0.3) is 0 Å². The van der Waals surface area contributed by atoms with Gasteiger partial charge in [0.15, 0.2) is 8.32 Å². The van der Waals surface area contributed by atoms with Crippen LogP contribution >= 0.6 is 15.9 Å². The zero-order valence-electron chi connectivity index (χ0n) is 12.8. The molecule has 0 saturated carbocycles. The van der Waals surface area contributed by atoms with Gasteiger partial charge in [0.05, 0.1) is 0 Å². The van der Waals surface area contributed by atoms with E-state index < -0.39 is 8.32 Å². The zero-order chi connectivity index (χ0) is 14.5. The molecule has 108 valence electrons. The predicted octanol–water partition coefficient (Wildman–Crippen LogP) is 5.19. The molecule has 1 aromatic heterocycles. The second-order valence-corrected chi connectivity index (χ2v) is 12.3. The molecule has 19 heavy (non-hydrogen) atoms. The van der Waals surface area contributed by atoms with Crippen molar-refractivity contribution in [1.29, 1.82) is 0 Å². The molecule has 0 aliphatic rings. The zero-order valence-corrected chi connectivity index (χ0v) is 15.4. The van der Waals surface area contributed by atoms with Crippen LogP contribution in [-0.4, -0.2) is 19.9 Å². The van der Waals surface area contributed by atoms with E-state index in [-0.39, 0.29) is 0 Å². The summed E-state index contributed by atoms with van der Waals surface area (Å²) in [6.07, 6.45) is 5.16. The molecule has 0 saturated heterocycles. The summed E-state index contributed by atoms with van der Waals surface area (Å²) in [6, 6.07) is 4.13. The number of hydrogen-bond acceptors (Lipinski definition) is 2. The summed E-state index contributed by atoms with van der Waals surface area (Å²) in [6.45, 7) is 12.3. The molecular weight excluding hydrogens is 318 g/mol. The molecule has 4 heteroatoms. The summed E-state index contributed by atoms with van der Waals surface area (Å²) < 4.78 is 7.20. The summed E-state index contributed by atoms with van der Waals surface area (Å²) in [5.41, 5.74) is 1.16. The minimum Gasteiger partial charge on any atom is -0.417 e. The molecule has 0 atom stereocenters. The average molecular weight is 344 g/mol. The highest BCUT2D eigenvalue weighted by Gasteiger charge is 2.36. The molecule has 2 nitrogen and oxygen atoms in total. The lowest BCUT2D eigenvalue weighted by Gasteiger charge is -2.36. The molecule has 0 amide bonds. The Morgan fingerprint density at radius 1 is 1.21 bits per heavy atom. The molecule has 1 aromatic rings. The molecule has 0 spiro atoms. The quantitative estimate of drug-likeness (QED) is 0.523. The number of aromatic nitrogens is 1. The van der Waals surface area contributed by atoms with Crippen molar-refractivity contribution in [1.82, 2.24) is 4.98 Å². The molecule has 0 aliphatic carbocycles. The van der Waals surface area contributed by atoms with Crippen molar-refractivity contribution < 1.29 is 4.43 Å². The number of hydrogen-bond donors (Lipinski definition) is 0. The minimum atomic E-state index is -1.56. The van der Waals surface area contributed by atoms with E-state index in [4.69, 9.17) is 4.43 Å². The molecule has 0 aromatic carbocycles. The molecule has 0 N–H and O–H groups in total. The van der Waals surface area contributed by atoms with Crippen molar-refractivity contribution >= 4 is 24.2 Å². The van der Waals surface area contributed by atoms with Gasteiger partial charge in [0, 0.05) is 23.0 Å². The number of rotatable bonds is 6. The van der Waals surface area contributed by atoms with Gasteiger partial charge in [-0.3, -0.25) is 4.98 Å². The molecule has 0 fully saturated rings. The molecular formula is C15H26BrNOSi. The third kappa shape index (κ3) is 5.75. The van der Waals surface area contributed by atoms with Gasteiger partial charge in [-0.1, -0.05) is 20.8 Å². The van der Waals surface area contributed by atoms with E-state index >= 15 is 0 Å². The van der Waals surface area contributed by atoms with Crippen LogP contribution in [-0.2, 0) is 10.8 Å². The van der Waals surface area contributed by atoms with Crippen molar-refractivity contribution in [2.75, 3.05) is 6.61 Å². The maximum absolute atomic E-state index is 6.16. The normalized spacial score (nSPS) is 12.7. The average Bonchev–Trinajstić information content (AvgIpc) is 2.29. The van der Waals surface area contributed by atoms with Gasteiger partial charge in [-0.2, -0.15) is 0 Å². The fraction of sp³-hybridized carbons (Fsp3) is 0.667. The van der Waals surface area contributed by atoms with Crippen LogP contribution in [0.2, 0.25) is 18.1 Å². The third-order valence-electron chi connectivity index (χ3n) is 3.88. The maximum atomic E-state index is 6.16. The monoisotopic (exact) mass is 343 g/mol. The van der Waals surface area contributed by atoms with Crippen molar-refractivity contribution in [3.8, 4) is 0 Å². The van der Waals surface area contributed by atoms with Crippen LogP contribution in [0, 0.1) is 0 Å². The first-order valence-electron chi connectivity index (χ1n) is 6.97. The fourth-order valence-electron chi connectivity index (χ4n) is 1.51. The SMILES string of the molecule is CC(C)(C)[Si](C)(C)OCCCCc1ccc(Br)cn1. The summed E-state index contributed by atoms with van der Waals surface area (Å²) in [7, 11) is -1.56. The fourth-order valence-corrected chi connectivity index (χ4v) is 2.83. The molecule has 0 aliphatic heterocycles. The van der Waals surface area contributed by atoms with Gasteiger partial charge in [-0.15, -0.1) is 0 Å². The third-order valence-corrected chi connectivity index (χ3v) is 8.89. The summed E-state index contributed by atoms with van der Waals surface area (Å²) in [4.78, 5) is 4.38. The molecule has 1 heterocycles. The van der Waals surface area contributed by atoms with Gasteiger partial charge in [0.2, 0.25) is 0 Å². The van der Waals surface area contributed by atoms with Crippen molar-refractivity contribution in [2.45, 2.75) is 58.2 Å². The Bertz CT molecular complexity index is 384. The Balaban J connectivity index is 2.23. The van der Waals surface area contributed by atoms with E-state index in [2.05, 4.69) is 66.9 Å². The lowest BCUT2D eigenvalue weighted by atomic mass is 10.2. The second kappa shape index (κ2) is 7.00. The Hall–Kier alpha value is -0.193. The topological polar surface area (TPSA) is 22.1 Å². The van der Waals surface area contributed by atoms with Gasteiger partial charge in [-0.25, -0.2) is 0 Å². The smallest absolute Gasteiger partial charge is 0.191 e. The van der Waals surface area contributed by atoms with Gasteiger partial charge in [0.1, 0.15) is 0 Å². The first-order valence-corrected chi connectivity index (χ1v) is 10.7. The molecule has 0 unspecified atom stereocenters. The second-order valence-electron chi connectivity index (χ2n) is 6.53. The highest BCUT2D eigenvalue weighted by atomic mass is 79.9. The van der Waals surface area contributed by atoms with Crippen LogP contribution < -0.4 is 0 Å². The molecule has 0 bridgehead atoms. The summed E-state index contributed by atoms with van der Waals surface area (Å²) in [5, 5.41) is 0.306. The van der Waals surface area contributed by atoms with E-state index in [9.17, 15) is 0 Å². The van der Waals surface area contributed by atoms with E-state index in [1.165, 1.54) is 0 Å². The van der Waals surface area contributed by atoms with Crippen LogP contribution in [0.5, 0.6) is 0 Å². The van der Waals surface area contributed by atoms with Gasteiger partial charge < -0.3 is 4.43 Å². The van der Waals surface area contributed by atoms with E-state index in [1.54, 1.807) is 0 Å². The predicted molar refractivity (Wildman–Crippen MR) is 88.0 cm³/mol. The maximum Gasteiger partial charge on any atom is 0.191 e. The number of nitrogens with zero attached hydrogens (tertiary/aromatic N) is 1. The molecule has 0 radical (unpaired) electrons. The van der Waals surface area contributed by atoms with Crippen molar-refractivity contribution in [3.63, 3.8) is 0 Å². The van der Waals surface area contributed by atoms with E-state index in [0.29, 0.717) is 5.04 Å². The van der Waals surface area contributed by atoms with Crippen molar-refractivity contribution in [2.24, 2.45) is 0 Å². The standard InChI is InChI=1S/C15H26BrNOSi/c1-15(2,3)19(4,5)18-11-7-6-8-14-10-9-13(16)12-17-14/h9-10,12H,6-8,11H2,1-5H3. The van der Waals surface area contributed by atoms with Crippen molar-refractivity contribution in [3.05, 3.63) is 28.5 Å². The Morgan fingerprint density at radius 2 is 1.89 bits per heavy atom. The van der Waals surface area contributed by atoms with Gasteiger partial charge >= 0.3 is 0 Å². The largest absolute Gasteiger partial charge is 0.417 e. The lowest BCUT2D eigenvalue weighted by molar-refractivity contribution is 0.279. The summed E-state index contributed by atoms with van der Waals surface area (Å²) in [5.74, 6) is 0. The highest BCUT2D eigenvalue weighted by molar-refractivity contribution is 9.10. The highest BCUT2D eigenvalue weighted by Crippen LogP contribution is 2.36. The van der Waals surface area contributed by atoms with Gasteiger partial charge in [-0.05, 0) is 65.5 Å². The van der Waals surface area contributed by atoms with E-state index in [0.717, 1.165) is 36.0 Å². The number of halogens is 1. The Kier molecular flexibility index (Phi) is 6.21. The minimum absolute atomic E-state index is 0.306. The van der Waals surface area contributed by atoms with Crippen LogP contribution in [0.3, 0.4) is 0 Å². The Labute approximate surface area is 127 Å². The first kappa shape index (κ1) is 16.9. The number of unbranched alkanes of at least 4 members (excludes halogenated alkanes) is 1. The van der Waals surface area contributed by atoms with E-state index in [1.807, 2.05) is 6.20 Å². The number of pyridine rings is 1.